The molecule has 27 heavy (non-hydrogen) atoms. The summed E-state index contributed by atoms with van der Waals surface area (Å²) in [5, 5.41) is 19.3. The Hall–Kier alpha value is -2.84. The largest absolute Gasteiger partial charge is 0.481 e. The first-order valence-electron chi connectivity index (χ1n) is 8.78. The van der Waals surface area contributed by atoms with Crippen molar-refractivity contribution in [1.29, 1.82) is 0 Å². The minimum atomic E-state index is -2.92. The molecule has 142 valence electrons. The topological polar surface area (TPSA) is 97.1 Å². The molecule has 2 aromatic rings. The molecule has 0 saturated heterocycles. The molecule has 9 heteroatoms. The third-order valence-corrected chi connectivity index (χ3v) is 5.62. The second kappa shape index (κ2) is 6.71. The van der Waals surface area contributed by atoms with E-state index in [2.05, 4.69) is 15.6 Å². The molecule has 2 N–H and O–H groups in total. The van der Waals surface area contributed by atoms with E-state index in [0.717, 1.165) is 4.68 Å². The summed E-state index contributed by atoms with van der Waals surface area (Å²) < 4.78 is 28.2. The van der Waals surface area contributed by atoms with Crippen LogP contribution in [0.3, 0.4) is 0 Å². The molecule has 1 amide bonds. The number of aromatic nitrogens is 3. The molecule has 2 aliphatic rings. The van der Waals surface area contributed by atoms with Crippen molar-refractivity contribution in [3.8, 4) is 5.69 Å². The Balaban J connectivity index is 1.52. The van der Waals surface area contributed by atoms with E-state index >= 15 is 0 Å². The van der Waals surface area contributed by atoms with Gasteiger partial charge in [0.1, 0.15) is 5.69 Å². The second-order valence-corrected chi connectivity index (χ2v) is 7.12. The number of amides is 1. The highest BCUT2D eigenvalue weighted by Crippen LogP contribution is 2.49. The third kappa shape index (κ3) is 3.07. The number of alkyl halides is 2. The van der Waals surface area contributed by atoms with E-state index in [4.69, 9.17) is 5.11 Å². The lowest BCUT2D eigenvalue weighted by molar-refractivity contribution is -0.141. The zero-order chi connectivity index (χ0) is 19.1. The summed E-state index contributed by atoms with van der Waals surface area (Å²) in [6.45, 7) is 0. The van der Waals surface area contributed by atoms with Crippen molar-refractivity contribution in [3.63, 3.8) is 0 Å². The van der Waals surface area contributed by atoms with Gasteiger partial charge in [0, 0.05) is 6.04 Å². The summed E-state index contributed by atoms with van der Waals surface area (Å²) in [4.78, 5) is 23.7. The zero-order valence-corrected chi connectivity index (χ0v) is 14.3. The highest BCUT2D eigenvalue weighted by Gasteiger charge is 2.50. The van der Waals surface area contributed by atoms with E-state index in [-0.39, 0.29) is 17.9 Å². The Morgan fingerprint density at radius 1 is 1.19 bits per heavy atom. The normalized spacial score (nSPS) is 26.5. The Bertz CT molecular complexity index is 871. The number of aliphatic carboxylic acids is 1. The van der Waals surface area contributed by atoms with E-state index in [1.54, 1.807) is 30.3 Å². The molecular formula is C18H18F2N4O3. The first-order valence-corrected chi connectivity index (χ1v) is 8.78. The smallest absolute Gasteiger partial charge is 0.306 e. The summed E-state index contributed by atoms with van der Waals surface area (Å²) in [6, 6.07) is 8.10. The van der Waals surface area contributed by atoms with Gasteiger partial charge in [-0.15, -0.1) is 5.10 Å². The molecular weight excluding hydrogens is 358 g/mol. The molecule has 0 bridgehead atoms. The van der Waals surface area contributed by atoms with E-state index in [1.165, 1.54) is 0 Å². The third-order valence-electron chi connectivity index (χ3n) is 5.62. The molecule has 1 aromatic heterocycles. The number of carboxylic acid groups (broad SMARTS) is 1. The zero-order valence-electron chi connectivity index (χ0n) is 14.3. The van der Waals surface area contributed by atoms with Crippen LogP contribution in [0.25, 0.3) is 5.69 Å². The molecule has 2 saturated carbocycles. The number of benzene rings is 1. The van der Waals surface area contributed by atoms with Gasteiger partial charge in [-0.2, -0.15) is 0 Å². The molecule has 4 rings (SSSR count). The summed E-state index contributed by atoms with van der Waals surface area (Å²) in [7, 11) is 0. The van der Waals surface area contributed by atoms with Crippen molar-refractivity contribution in [2.24, 2.45) is 17.8 Å². The fourth-order valence-electron chi connectivity index (χ4n) is 4.24. The molecule has 1 aromatic carbocycles. The fraction of sp³-hybridized carbons (Fsp3) is 0.444. The fourth-order valence-corrected chi connectivity index (χ4v) is 4.24. The number of fused-ring (bicyclic) bond motifs is 1. The number of para-hydroxylation sites is 1. The maximum absolute atomic E-state index is 13.6. The van der Waals surface area contributed by atoms with Crippen molar-refractivity contribution < 1.29 is 23.5 Å². The maximum atomic E-state index is 13.6. The molecule has 4 atom stereocenters. The monoisotopic (exact) mass is 376 g/mol. The Kier molecular flexibility index (Phi) is 4.37. The number of carboxylic acids is 1. The molecule has 1 heterocycles. The average molecular weight is 376 g/mol. The van der Waals surface area contributed by atoms with Crippen LogP contribution in [-0.4, -0.2) is 38.0 Å². The lowest BCUT2D eigenvalue weighted by atomic mass is 9.71. The van der Waals surface area contributed by atoms with Crippen LogP contribution in [0, 0.1) is 17.8 Å². The van der Waals surface area contributed by atoms with Crippen LogP contribution in [0.5, 0.6) is 0 Å². The number of carbonyl (C=O) groups is 2. The number of rotatable bonds is 5. The van der Waals surface area contributed by atoms with Gasteiger partial charge in [-0.25, -0.2) is 13.5 Å². The number of hydrogen-bond acceptors (Lipinski definition) is 4. The molecule has 2 fully saturated rings. The van der Waals surface area contributed by atoms with Crippen LogP contribution in [-0.2, 0) is 4.79 Å². The van der Waals surface area contributed by atoms with Gasteiger partial charge in [0.25, 0.3) is 12.3 Å². The first-order chi connectivity index (χ1) is 13.0. The van der Waals surface area contributed by atoms with E-state index in [9.17, 15) is 18.4 Å². The quantitative estimate of drug-likeness (QED) is 0.835. The first kappa shape index (κ1) is 17.6. The average Bonchev–Trinajstić information content (AvgIpc) is 3.22. The maximum Gasteiger partial charge on any atom is 0.306 e. The SMILES string of the molecule is O=C(N[C@H]1C[C@H]2CC(C(=O)O)C[C@H]21)c1nnn(-c2ccccc2)c1C(F)F. The predicted molar refractivity (Wildman–Crippen MR) is 89.5 cm³/mol. The van der Waals surface area contributed by atoms with E-state index < -0.39 is 35.6 Å². The van der Waals surface area contributed by atoms with Gasteiger partial charge < -0.3 is 10.4 Å². The summed E-state index contributed by atoms with van der Waals surface area (Å²) in [5.41, 5.74) is -0.558. The lowest BCUT2D eigenvalue weighted by Gasteiger charge is -2.40. The van der Waals surface area contributed by atoms with Gasteiger partial charge in [-0.05, 0) is 43.2 Å². The molecule has 0 aliphatic heterocycles. The summed E-state index contributed by atoms with van der Waals surface area (Å²) in [6.07, 6.45) is -1.14. The minimum absolute atomic E-state index is 0.0780. The van der Waals surface area contributed by atoms with Crippen molar-refractivity contribution >= 4 is 11.9 Å². The molecule has 0 radical (unpaired) electrons. The van der Waals surface area contributed by atoms with Gasteiger partial charge >= 0.3 is 5.97 Å². The number of nitrogens with zero attached hydrogens (tertiary/aromatic N) is 3. The standard InChI is InChI=1S/C18H18F2N4O3/c19-16(20)15-14(22-23-24(15)11-4-2-1-3-5-11)17(25)21-13-8-9-6-10(18(26)27)7-12(9)13/h1-5,9-10,12-13,16H,6-8H2,(H,21,25)(H,26,27)/t9-,10?,12-,13+/m1/s1. The van der Waals surface area contributed by atoms with E-state index in [0.29, 0.717) is 24.9 Å². The summed E-state index contributed by atoms with van der Waals surface area (Å²) in [5.74, 6) is -1.56. The number of halogens is 2. The van der Waals surface area contributed by atoms with Crippen LogP contribution in [0.15, 0.2) is 30.3 Å². The number of nitrogens with one attached hydrogen (secondary N) is 1. The molecule has 2 aliphatic carbocycles. The van der Waals surface area contributed by atoms with Crippen molar-refractivity contribution in [1.82, 2.24) is 20.3 Å². The van der Waals surface area contributed by atoms with Gasteiger partial charge in [0.2, 0.25) is 0 Å². The molecule has 1 unspecified atom stereocenters. The van der Waals surface area contributed by atoms with Crippen LogP contribution in [0.1, 0.15) is 41.9 Å². The molecule has 7 nitrogen and oxygen atoms in total. The highest BCUT2D eigenvalue weighted by molar-refractivity contribution is 5.93. The van der Waals surface area contributed by atoms with Gasteiger partial charge in [-0.3, -0.25) is 9.59 Å². The van der Waals surface area contributed by atoms with E-state index in [1.807, 2.05) is 0 Å². The van der Waals surface area contributed by atoms with Crippen molar-refractivity contribution in [2.45, 2.75) is 31.7 Å². The van der Waals surface area contributed by atoms with Gasteiger partial charge in [0.05, 0.1) is 11.6 Å². The summed E-state index contributed by atoms with van der Waals surface area (Å²) >= 11 is 0. The van der Waals surface area contributed by atoms with Gasteiger partial charge in [0.15, 0.2) is 5.69 Å². The van der Waals surface area contributed by atoms with Crippen molar-refractivity contribution in [2.75, 3.05) is 0 Å². The minimum Gasteiger partial charge on any atom is -0.481 e. The predicted octanol–water partition coefficient (Wildman–Crippen LogP) is 2.43. The van der Waals surface area contributed by atoms with Crippen LogP contribution < -0.4 is 5.32 Å². The number of carbonyl (C=O) groups excluding carboxylic acids is 1. The second-order valence-electron chi connectivity index (χ2n) is 7.12. The number of hydrogen-bond donors (Lipinski definition) is 2. The Morgan fingerprint density at radius 3 is 2.59 bits per heavy atom. The lowest BCUT2D eigenvalue weighted by Crippen LogP contribution is -2.50. The van der Waals surface area contributed by atoms with Gasteiger partial charge in [-0.1, -0.05) is 23.4 Å². The van der Waals surface area contributed by atoms with Crippen LogP contribution in [0.4, 0.5) is 8.78 Å². The van der Waals surface area contributed by atoms with Crippen molar-refractivity contribution in [3.05, 3.63) is 41.7 Å². The Labute approximate surface area is 153 Å². The Morgan fingerprint density at radius 2 is 1.93 bits per heavy atom. The molecule has 0 spiro atoms. The highest BCUT2D eigenvalue weighted by atomic mass is 19.3. The van der Waals surface area contributed by atoms with Crippen LogP contribution in [0.2, 0.25) is 0 Å². The van der Waals surface area contributed by atoms with Crippen LogP contribution >= 0.6 is 0 Å².